The van der Waals surface area contributed by atoms with Crippen LogP contribution in [0.5, 0.6) is 0 Å². The third-order valence-corrected chi connectivity index (χ3v) is 3.71. The molecule has 0 heterocycles. The maximum Gasteiger partial charge on any atom is 0.323 e. The number of amides is 2. The van der Waals surface area contributed by atoms with Gasteiger partial charge in [-0.15, -0.1) is 0 Å². The van der Waals surface area contributed by atoms with Gasteiger partial charge in [0, 0.05) is 16.4 Å². The molecule has 2 rings (SSSR count). The summed E-state index contributed by atoms with van der Waals surface area (Å²) in [4.78, 5) is 12.0. The topological polar surface area (TPSA) is 41.1 Å². The number of benzene rings is 2. The zero-order valence-corrected chi connectivity index (χ0v) is 13.7. The Morgan fingerprint density at radius 2 is 1.82 bits per heavy atom. The Hall–Kier alpha value is -2.00. The first-order chi connectivity index (χ1) is 10.6. The Morgan fingerprint density at radius 3 is 2.50 bits per heavy atom. The molecule has 0 bridgehead atoms. The highest BCUT2D eigenvalue weighted by Crippen LogP contribution is 2.20. The van der Waals surface area contributed by atoms with E-state index in [1.807, 2.05) is 25.1 Å². The number of halogens is 1. The number of unbranched alkanes of at least 4 members (excludes halogenated alkanes) is 1. The Bertz CT molecular complexity index is 638. The molecule has 22 heavy (non-hydrogen) atoms. The summed E-state index contributed by atoms with van der Waals surface area (Å²) in [7, 11) is 0. The fourth-order valence-corrected chi connectivity index (χ4v) is 2.32. The second-order valence-electron chi connectivity index (χ2n) is 5.34. The molecule has 0 aliphatic rings. The van der Waals surface area contributed by atoms with Gasteiger partial charge in [-0.25, -0.2) is 4.79 Å². The summed E-state index contributed by atoms with van der Waals surface area (Å²) in [5, 5.41) is 6.24. The molecule has 0 fully saturated rings. The third-order valence-electron chi connectivity index (χ3n) is 3.48. The maximum absolute atomic E-state index is 12.0. The Morgan fingerprint density at radius 1 is 1.09 bits per heavy atom. The van der Waals surface area contributed by atoms with Crippen molar-refractivity contribution in [1.82, 2.24) is 0 Å². The summed E-state index contributed by atoms with van der Waals surface area (Å²) in [5.41, 5.74) is 3.75. The normalized spacial score (nSPS) is 10.3. The first-order valence-electron chi connectivity index (χ1n) is 7.51. The zero-order valence-electron chi connectivity index (χ0n) is 12.9. The third kappa shape index (κ3) is 4.78. The molecule has 0 radical (unpaired) electrons. The molecular weight excluding hydrogens is 296 g/mol. The summed E-state index contributed by atoms with van der Waals surface area (Å²) in [5.74, 6) is 0. The van der Waals surface area contributed by atoms with Gasteiger partial charge in [0.25, 0.3) is 0 Å². The number of carbonyl (C=O) groups excluding carboxylic acids is 1. The molecule has 0 unspecified atom stereocenters. The van der Waals surface area contributed by atoms with Gasteiger partial charge in [0.15, 0.2) is 0 Å². The molecule has 0 saturated carbocycles. The minimum absolute atomic E-state index is 0.272. The lowest BCUT2D eigenvalue weighted by molar-refractivity contribution is 0.262. The van der Waals surface area contributed by atoms with Crippen LogP contribution in [0.2, 0.25) is 5.02 Å². The van der Waals surface area contributed by atoms with E-state index in [1.54, 1.807) is 12.1 Å². The number of hydrogen-bond donors (Lipinski definition) is 2. The highest BCUT2D eigenvalue weighted by Gasteiger charge is 2.05. The lowest BCUT2D eigenvalue weighted by atomic mass is 10.1. The van der Waals surface area contributed by atoms with Crippen molar-refractivity contribution >= 4 is 29.0 Å². The van der Waals surface area contributed by atoms with Crippen molar-refractivity contribution in [2.75, 3.05) is 10.6 Å². The molecule has 0 saturated heterocycles. The first-order valence-corrected chi connectivity index (χ1v) is 7.89. The van der Waals surface area contributed by atoms with Crippen LogP contribution >= 0.6 is 11.6 Å². The average molecular weight is 317 g/mol. The Kier molecular flexibility index (Phi) is 5.84. The fourth-order valence-electron chi connectivity index (χ4n) is 2.15. The van der Waals surface area contributed by atoms with Crippen molar-refractivity contribution < 1.29 is 4.79 Å². The number of hydrogen-bond acceptors (Lipinski definition) is 1. The van der Waals surface area contributed by atoms with Crippen LogP contribution in [0.25, 0.3) is 0 Å². The molecule has 4 heteroatoms. The standard InChI is InChI=1S/C18H21ClN2O/c1-3-4-5-14-7-10-16(11-8-14)20-18(22)21-17-12-15(19)9-6-13(17)2/h6-12H,3-5H2,1-2H3,(H2,20,21,22). The van der Waals surface area contributed by atoms with E-state index in [1.165, 1.54) is 18.4 Å². The highest BCUT2D eigenvalue weighted by atomic mass is 35.5. The van der Waals surface area contributed by atoms with E-state index < -0.39 is 0 Å². The van der Waals surface area contributed by atoms with E-state index in [-0.39, 0.29) is 6.03 Å². The number of rotatable bonds is 5. The largest absolute Gasteiger partial charge is 0.323 e. The molecule has 0 aliphatic heterocycles. The minimum Gasteiger partial charge on any atom is -0.308 e. The highest BCUT2D eigenvalue weighted by molar-refractivity contribution is 6.31. The van der Waals surface area contributed by atoms with Gasteiger partial charge in [0.2, 0.25) is 0 Å². The van der Waals surface area contributed by atoms with E-state index in [0.717, 1.165) is 17.7 Å². The van der Waals surface area contributed by atoms with E-state index in [9.17, 15) is 4.79 Å². The summed E-state index contributed by atoms with van der Waals surface area (Å²) in [6.07, 6.45) is 3.44. The summed E-state index contributed by atoms with van der Waals surface area (Å²) in [6, 6.07) is 13.1. The predicted octanol–water partition coefficient (Wildman–Crippen LogP) is 5.64. The van der Waals surface area contributed by atoms with Gasteiger partial charge in [-0.2, -0.15) is 0 Å². The average Bonchev–Trinajstić information content (AvgIpc) is 2.50. The van der Waals surface area contributed by atoms with Crippen LogP contribution in [0, 0.1) is 6.92 Å². The van der Waals surface area contributed by atoms with Crippen LogP contribution in [0.3, 0.4) is 0 Å². The van der Waals surface area contributed by atoms with Crippen LogP contribution in [-0.2, 0) is 6.42 Å². The molecular formula is C18H21ClN2O. The van der Waals surface area contributed by atoms with Crippen LogP contribution in [0.4, 0.5) is 16.2 Å². The van der Waals surface area contributed by atoms with Crippen molar-refractivity contribution in [3.63, 3.8) is 0 Å². The molecule has 0 atom stereocenters. The molecule has 2 aromatic carbocycles. The molecule has 116 valence electrons. The SMILES string of the molecule is CCCCc1ccc(NC(=O)Nc2cc(Cl)ccc2C)cc1. The van der Waals surface area contributed by atoms with Crippen molar-refractivity contribution in [2.45, 2.75) is 33.1 Å². The van der Waals surface area contributed by atoms with Gasteiger partial charge in [-0.3, -0.25) is 0 Å². The second kappa shape index (κ2) is 7.85. The number of anilines is 2. The Labute approximate surface area is 136 Å². The number of aryl methyl sites for hydroxylation is 2. The monoisotopic (exact) mass is 316 g/mol. The molecule has 2 aromatic rings. The van der Waals surface area contributed by atoms with Crippen molar-refractivity contribution in [1.29, 1.82) is 0 Å². The number of carbonyl (C=O) groups is 1. The van der Waals surface area contributed by atoms with E-state index >= 15 is 0 Å². The van der Waals surface area contributed by atoms with Crippen molar-refractivity contribution in [3.05, 3.63) is 58.6 Å². The number of urea groups is 1. The molecule has 2 amide bonds. The van der Waals surface area contributed by atoms with Crippen LogP contribution in [-0.4, -0.2) is 6.03 Å². The molecule has 0 aliphatic carbocycles. The lowest BCUT2D eigenvalue weighted by Crippen LogP contribution is -2.19. The summed E-state index contributed by atoms with van der Waals surface area (Å²) < 4.78 is 0. The van der Waals surface area contributed by atoms with Gasteiger partial charge in [-0.1, -0.05) is 43.1 Å². The maximum atomic E-state index is 12.0. The number of nitrogens with one attached hydrogen (secondary N) is 2. The summed E-state index contributed by atoms with van der Waals surface area (Å²) in [6.45, 7) is 4.10. The molecule has 0 aromatic heterocycles. The van der Waals surface area contributed by atoms with Gasteiger partial charge in [-0.05, 0) is 55.2 Å². The van der Waals surface area contributed by atoms with Crippen molar-refractivity contribution in [3.8, 4) is 0 Å². The van der Waals surface area contributed by atoms with Crippen LogP contribution < -0.4 is 10.6 Å². The zero-order chi connectivity index (χ0) is 15.9. The second-order valence-corrected chi connectivity index (χ2v) is 5.78. The van der Waals surface area contributed by atoms with Gasteiger partial charge >= 0.3 is 6.03 Å². The minimum atomic E-state index is -0.272. The van der Waals surface area contributed by atoms with Crippen molar-refractivity contribution in [2.24, 2.45) is 0 Å². The van der Waals surface area contributed by atoms with Gasteiger partial charge < -0.3 is 10.6 Å². The predicted molar refractivity (Wildman–Crippen MR) is 93.9 cm³/mol. The van der Waals surface area contributed by atoms with Crippen LogP contribution in [0.1, 0.15) is 30.9 Å². The van der Waals surface area contributed by atoms with Crippen LogP contribution in [0.15, 0.2) is 42.5 Å². The molecule has 0 spiro atoms. The quantitative estimate of drug-likeness (QED) is 0.737. The smallest absolute Gasteiger partial charge is 0.308 e. The first kappa shape index (κ1) is 16.4. The van der Waals surface area contributed by atoms with Gasteiger partial charge in [0.05, 0.1) is 0 Å². The van der Waals surface area contributed by atoms with E-state index in [2.05, 4.69) is 29.7 Å². The summed E-state index contributed by atoms with van der Waals surface area (Å²) >= 11 is 5.95. The van der Waals surface area contributed by atoms with E-state index in [0.29, 0.717) is 10.7 Å². The Balaban J connectivity index is 1.95. The van der Waals surface area contributed by atoms with Gasteiger partial charge in [0.1, 0.15) is 0 Å². The fraction of sp³-hybridized carbons (Fsp3) is 0.278. The molecule has 3 nitrogen and oxygen atoms in total. The van der Waals surface area contributed by atoms with E-state index in [4.69, 9.17) is 11.6 Å². The lowest BCUT2D eigenvalue weighted by Gasteiger charge is -2.10. The molecule has 2 N–H and O–H groups in total.